The molecule has 0 aliphatic heterocycles. The molecule has 0 N–H and O–H groups in total. The Morgan fingerprint density at radius 2 is 0.938 bits per heavy atom. The van der Waals surface area contributed by atoms with E-state index < -0.39 is 0 Å². The van der Waals surface area contributed by atoms with E-state index >= 15 is 0 Å². The maximum absolute atomic E-state index is 4.50. The Kier molecular flexibility index (Phi) is 53.4. The predicted molar refractivity (Wildman–Crippen MR) is 56.3 cm³/mol. The van der Waals surface area contributed by atoms with Gasteiger partial charge in [0.2, 0.25) is 0 Å². The Morgan fingerprint density at radius 3 is 0.938 bits per heavy atom. The van der Waals surface area contributed by atoms with Crippen molar-refractivity contribution in [1.29, 1.82) is 0 Å². The molecule has 0 amide bonds. The third kappa shape index (κ3) is 94.4. The van der Waals surface area contributed by atoms with Crippen molar-refractivity contribution < 1.29 is 18.9 Å². The van der Waals surface area contributed by atoms with Crippen LogP contribution in [-0.4, -0.2) is 19.5 Å². The maximum atomic E-state index is 4.50. The third-order valence-corrected chi connectivity index (χ3v) is 0.803. The van der Waals surface area contributed by atoms with Gasteiger partial charge >= 0.3 is 0 Å². The second kappa shape index (κ2) is 29.3. The van der Waals surface area contributed by atoms with E-state index in [1.165, 1.54) is 7.11 Å². The second-order valence-corrected chi connectivity index (χ2v) is 2.41. The van der Waals surface area contributed by atoms with Crippen molar-refractivity contribution >= 4 is 0 Å². The minimum Gasteiger partial charge on any atom is -0.557 e. The first-order valence-electron chi connectivity index (χ1n) is 4.00. The van der Waals surface area contributed by atoms with Gasteiger partial charge in [0, 0.05) is 6.10 Å². The van der Waals surface area contributed by atoms with Gasteiger partial charge in [0.05, 0.1) is 6.29 Å². The molecule has 0 unspecified atom stereocenters. The van der Waals surface area contributed by atoms with Crippen molar-refractivity contribution in [3.63, 3.8) is 0 Å². The Balaban J connectivity index is -0.0000000373. The largest absolute Gasteiger partial charge is 0.557 e. The van der Waals surface area contributed by atoms with Crippen molar-refractivity contribution in [3.05, 3.63) is 28.4 Å². The third-order valence-electron chi connectivity index (χ3n) is 0.803. The Hall–Kier alpha value is -2.16. The Bertz CT molecular complexity index is 81.2. The zero-order chi connectivity index (χ0) is 12.0. The molecule has 0 spiro atoms. The molecule has 0 atom stereocenters. The fourth-order valence-electron chi connectivity index (χ4n) is 0.0481. The summed E-state index contributed by atoms with van der Waals surface area (Å²) in [5.74, 6) is 0. The molecular formula is C10H22O4Rf2-4. The van der Waals surface area contributed by atoms with Gasteiger partial charge in [-0.3, -0.25) is 0 Å². The minimum atomic E-state index is -0.287. The monoisotopic (exact) mass is 740 g/mol. The van der Waals surface area contributed by atoms with Gasteiger partial charge < -0.3 is 18.9 Å². The molecule has 94 valence electrons. The zero-order valence-corrected chi connectivity index (χ0v) is 23.8. The molecule has 0 fully saturated rings. The van der Waals surface area contributed by atoms with Gasteiger partial charge in [-0.1, -0.05) is 0 Å². The Labute approximate surface area is 88.5 Å². The van der Waals surface area contributed by atoms with Crippen LogP contribution in [0.4, 0.5) is 0 Å². The van der Waals surface area contributed by atoms with Crippen LogP contribution < -0.4 is 0 Å². The summed E-state index contributed by atoms with van der Waals surface area (Å²) in [5, 5.41) is 0. The van der Waals surface area contributed by atoms with Gasteiger partial charge in [0.15, 0.2) is 0 Å². The van der Waals surface area contributed by atoms with Gasteiger partial charge in [-0.2, -0.15) is 0 Å². The molecule has 0 aliphatic carbocycles. The molecule has 0 aromatic heterocycles. The SMILES string of the molecule is [CH2-]OC.[CH2-]OC(C)C.[CH2-]OC(C)O[CH2-].[Rf].[Rf]. The van der Waals surface area contributed by atoms with E-state index in [0.29, 0.717) is 0 Å². The second-order valence-electron chi connectivity index (χ2n) is 2.41. The maximum Gasteiger partial charge on any atom is 0.0934 e. The summed E-state index contributed by atoms with van der Waals surface area (Å²) in [6, 6.07) is 0. The molecule has 0 aromatic carbocycles. The summed E-state index contributed by atoms with van der Waals surface area (Å²) in [6.45, 7) is 5.58. The van der Waals surface area contributed by atoms with Gasteiger partial charge in [0.1, 0.15) is 0 Å². The summed E-state index contributed by atoms with van der Waals surface area (Å²) >= 11 is 0. The van der Waals surface area contributed by atoms with Crippen molar-refractivity contribution in [1.82, 2.24) is 0 Å². The fourth-order valence-corrected chi connectivity index (χ4v) is 0.0481. The first-order valence-corrected chi connectivity index (χ1v) is 4.00. The first kappa shape index (κ1) is 29.2. The van der Waals surface area contributed by atoms with Crippen LogP contribution in [0.2, 0.25) is 0 Å². The van der Waals surface area contributed by atoms with Gasteiger partial charge in [-0.25, -0.2) is 28.4 Å². The van der Waals surface area contributed by atoms with Crippen LogP contribution in [-0.2, 0) is 18.9 Å². The number of hydrogen-bond acceptors (Lipinski definition) is 4. The summed E-state index contributed by atoms with van der Waals surface area (Å²) in [7, 11) is 13.9. The van der Waals surface area contributed by atoms with Crippen LogP contribution in [0.5, 0.6) is 0 Å². The number of methoxy groups -OCH3 is 1. The molecular weight excluding hydrogens is 718 g/mol. The molecule has 0 bridgehead atoms. The summed E-state index contributed by atoms with van der Waals surface area (Å²) < 4.78 is 17.2. The molecule has 4 nitrogen and oxygen atoms in total. The van der Waals surface area contributed by atoms with E-state index in [1.54, 1.807) is 6.92 Å². The van der Waals surface area contributed by atoms with Crippen molar-refractivity contribution in [2.24, 2.45) is 0 Å². The average Bonchev–Trinajstić information content (AvgIpc) is 2.18. The molecule has 0 saturated carbocycles. The van der Waals surface area contributed by atoms with Crippen molar-refractivity contribution in [2.75, 3.05) is 7.11 Å². The quantitative estimate of drug-likeness (QED) is 0.330. The van der Waals surface area contributed by atoms with E-state index in [9.17, 15) is 0 Å². The van der Waals surface area contributed by atoms with Gasteiger partial charge in [0.25, 0.3) is 0 Å². The van der Waals surface area contributed by atoms with Crippen LogP contribution in [0.25, 0.3) is 0 Å². The normalized spacial score (nSPS) is 7.88. The molecule has 16 heavy (non-hydrogen) atoms. The van der Waals surface area contributed by atoms with Crippen LogP contribution in [0.1, 0.15) is 20.8 Å². The molecule has 0 heterocycles. The van der Waals surface area contributed by atoms with Crippen molar-refractivity contribution in [3.8, 4) is 0 Å². The molecule has 0 saturated heterocycles. The average molecular weight is 740 g/mol. The fraction of sp³-hybridized carbons (Fsp3) is 0.600. The molecule has 0 rings (SSSR count). The summed E-state index contributed by atoms with van der Waals surface area (Å²) in [4.78, 5) is 0. The molecule has 0 radical (unpaired) electrons. The predicted octanol–water partition coefficient (Wildman–Crippen LogP) is 2.58. The minimum absolute atomic E-state index is 0. The summed E-state index contributed by atoms with van der Waals surface area (Å²) in [5.41, 5.74) is 0. The van der Waals surface area contributed by atoms with Gasteiger partial charge in [-0.05, 0) is 27.9 Å². The first-order chi connectivity index (χ1) is 6.49. The number of rotatable bonds is 3. The van der Waals surface area contributed by atoms with E-state index in [4.69, 9.17) is 0 Å². The smallest absolute Gasteiger partial charge is 0.0934 e. The topological polar surface area (TPSA) is 36.9 Å². The molecule has 0 aliphatic rings. The van der Waals surface area contributed by atoms with E-state index in [1.807, 2.05) is 13.8 Å². The summed E-state index contributed by atoms with van der Waals surface area (Å²) in [6.07, 6.45) is -0.0139. The van der Waals surface area contributed by atoms with Gasteiger partial charge in [-0.15, -0.1) is 0 Å². The Morgan fingerprint density at radius 1 is 0.750 bits per heavy atom. The van der Waals surface area contributed by atoms with Crippen LogP contribution in [0, 0.1) is 28.4 Å². The number of ether oxygens (including phenoxy) is 4. The van der Waals surface area contributed by atoms with Crippen LogP contribution in [0.3, 0.4) is 0 Å². The standard InChI is InChI=1S/C4H8O2.C4H9O.C2H5O.2Rf/c1-4(5-2)6-3;1-4(2)5-3;1-3-2;;/h4H,2-3H2,1H3;4H,3H2,1-2H3;1H2,2H3;;/q-2;2*-1;;. The van der Waals surface area contributed by atoms with Crippen LogP contribution in [0.15, 0.2) is 0 Å². The van der Waals surface area contributed by atoms with Crippen LogP contribution >= 0.6 is 0 Å². The van der Waals surface area contributed by atoms with E-state index in [-0.39, 0.29) is 12.4 Å². The molecule has 6 heteroatoms. The molecule has 0 aromatic rings. The van der Waals surface area contributed by atoms with E-state index in [0.717, 1.165) is 0 Å². The zero-order valence-electron chi connectivity index (χ0n) is 11.0. The van der Waals surface area contributed by atoms with E-state index in [2.05, 4.69) is 47.4 Å². The van der Waals surface area contributed by atoms with Crippen molar-refractivity contribution in [2.45, 2.75) is 33.2 Å². The number of hydrogen-bond donors (Lipinski definition) is 0.